The molecule has 158 valence electrons. The van der Waals surface area contributed by atoms with Crippen molar-refractivity contribution in [2.45, 2.75) is 17.9 Å². The van der Waals surface area contributed by atoms with Crippen molar-refractivity contribution in [1.82, 2.24) is 9.62 Å². The number of benzene rings is 2. The molecule has 0 spiro atoms. The molecule has 0 atom stereocenters. The van der Waals surface area contributed by atoms with Gasteiger partial charge < -0.3 is 14.6 Å². The SMILES string of the molecule is CN(C)CCc1ccc(NC(=O)c2ccc(S(=O)(=O)NCc3ccco3)cc2)cc1. The predicted octanol–water partition coefficient (Wildman–Crippen LogP) is 3.11. The Morgan fingerprint density at radius 1 is 1.00 bits per heavy atom. The number of hydrogen-bond acceptors (Lipinski definition) is 5. The third-order valence-electron chi connectivity index (χ3n) is 4.50. The van der Waals surface area contributed by atoms with Crippen LogP contribution < -0.4 is 10.0 Å². The highest BCUT2D eigenvalue weighted by Gasteiger charge is 2.15. The third kappa shape index (κ3) is 6.03. The first-order valence-electron chi connectivity index (χ1n) is 9.50. The van der Waals surface area contributed by atoms with Crippen LogP contribution in [0.3, 0.4) is 0 Å². The minimum Gasteiger partial charge on any atom is -0.468 e. The first-order valence-corrected chi connectivity index (χ1v) is 11.0. The fourth-order valence-corrected chi connectivity index (χ4v) is 3.75. The average molecular weight is 428 g/mol. The molecule has 2 N–H and O–H groups in total. The maximum absolute atomic E-state index is 12.5. The molecular weight excluding hydrogens is 402 g/mol. The molecule has 0 aliphatic heterocycles. The maximum Gasteiger partial charge on any atom is 0.255 e. The normalized spacial score (nSPS) is 11.6. The molecule has 0 unspecified atom stereocenters. The van der Waals surface area contributed by atoms with Crippen LogP contribution in [-0.4, -0.2) is 39.9 Å². The Hall–Kier alpha value is -2.94. The molecule has 0 radical (unpaired) electrons. The van der Waals surface area contributed by atoms with E-state index in [2.05, 4.69) is 14.9 Å². The number of hydrogen-bond donors (Lipinski definition) is 2. The van der Waals surface area contributed by atoms with E-state index in [0.29, 0.717) is 17.0 Å². The van der Waals surface area contributed by atoms with Crippen LogP contribution in [0.15, 0.2) is 76.2 Å². The first kappa shape index (κ1) is 21.8. The average Bonchev–Trinajstić information content (AvgIpc) is 3.26. The molecule has 1 aromatic heterocycles. The molecule has 1 heterocycles. The number of nitrogens with zero attached hydrogens (tertiary/aromatic N) is 1. The van der Waals surface area contributed by atoms with Gasteiger partial charge in [-0.15, -0.1) is 0 Å². The monoisotopic (exact) mass is 427 g/mol. The van der Waals surface area contributed by atoms with E-state index in [0.717, 1.165) is 13.0 Å². The van der Waals surface area contributed by atoms with Crippen molar-refractivity contribution < 1.29 is 17.6 Å². The van der Waals surface area contributed by atoms with E-state index in [1.54, 1.807) is 12.1 Å². The summed E-state index contributed by atoms with van der Waals surface area (Å²) in [5, 5.41) is 2.83. The zero-order valence-electron chi connectivity index (χ0n) is 17.0. The van der Waals surface area contributed by atoms with Crippen LogP contribution in [0.5, 0.6) is 0 Å². The fourth-order valence-electron chi connectivity index (χ4n) is 2.76. The lowest BCUT2D eigenvalue weighted by molar-refractivity contribution is 0.102. The second-order valence-corrected chi connectivity index (χ2v) is 8.90. The van der Waals surface area contributed by atoms with Crippen molar-refractivity contribution >= 4 is 21.6 Å². The lowest BCUT2D eigenvalue weighted by atomic mass is 10.1. The van der Waals surface area contributed by atoms with Gasteiger partial charge in [-0.1, -0.05) is 12.1 Å². The molecule has 1 amide bonds. The summed E-state index contributed by atoms with van der Waals surface area (Å²) in [6.07, 6.45) is 2.42. The summed E-state index contributed by atoms with van der Waals surface area (Å²) in [4.78, 5) is 14.7. The number of rotatable bonds is 9. The number of carbonyl (C=O) groups excluding carboxylic acids is 1. The second-order valence-electron chi connectivity index (χ2n) is 7.13. The van der Waals surface area contributed by atoms with Gasteiger partial charge in [0.05, 0.1) is 17.7 Å². The minimum absolute atomic E-state index is 0.0576. The highest BCUT2D eigenvalue weighted by atomic mass is 32.2. The standard InChI is InChI=1S/C22H25N3O4S/c1-25(2)14-13-17-5-9-19(10-6-17)24-22(26)18-7-11-21(12-8-18)30(27,28)23-16-20-4-3-15-29-20/h3-12,15,23H,13-14,16H2,1-2H3,(H,24,26). The predicted molar refractivity (Wildman–Crippen MR) is 116 cm³/mol. The van der Waals surface area contributed by atoms with Crippen LogP contribution in [0, 0.1) is 0 Å². The summed E-state index contributed by atoms with van der Waals surface area (Å²) >= 11 is 0. The minimum atomic E-state index is -3.70. The molecular formula is C22H25N3O4S. The molecule has 2 aromatic carbocycles. The summed E-state index contributed by atoms with van der Waals surface area (Å²) in [5.41, 5.74) is 2.25. The molecule has 3 rings (SSSR count). The van der Waals surface area contributed by atoms with Crippen molar-refractivity contribution in [2.75, 3.05) is 26.0 Å². The van der Waals surface area contributed by atoms with Gasteiger partial charge in [-0.2, -0.15) is 0 Å². The Bertz CT molecular complexity index is 1060. The van der Waals surface area contributed by atoms with Gasteiger partial charge in [-0.05, 0) is 74.6 Å². The van der Waals surface area contributed by atoms with Crippen molar-refractivity contribution in [3.8, 4) is 0 Å². The molecule has 0 aliphatic rings. The number of furan rings is 1. The highest BCUT2D eigenvalue weighted by Crippen LogP contribution is 2.15. The Morgan fingerprint density at radius 3 is 2.30 bits per heavy atom. The topological polar surface area (TPSA) is 91.7 Å². The van der Waals surface area contributed by atoms with Crippen LogP contribution >= 0.6 is 0 Å². The number of nitrogens with one attached hydrogen (secondary N) is 2. The van der Waals surface area contributed by atoms with Gasteiger partial charge in [0.1, 0.15) is 5.76 Å². The zero-order valence-corrected chi connectivity index (χ0v) is 17.8. The van der Waals surface area contributed by atoms with Gasteiger partial charge in [0.2, 0.25) is 10.0 Å². The lowest BCUT2D eigenvalue weighted by Crippen LogP contribution is -2.23. The third-order valence-corrected chi connectivity index (χ3v) is 5.92. The second kappa shape index (κ2) is 9.71. The van der Waals surface area contributed by atoms with E-state index in [4.69, 9.17) is 4.42 Å². The zero-order chi connectivity index (χ0) is 21.6. The summed E-state index contributed by atoms with van der Waals surface area (Å²) in [7, 11) is 0.357. The Balaban J connectivity index is 1.59. The van der Waals surface area contributed by atoms with E-state index < -0.39 is 10.0 Å². The molecule has 3 aromatic rings. The van der Waals surface area contributed by atoms with Crippen molar-refractivity contribution in [3.05, 3.63) is 83.8 Å². The van der Waals surface area contributed by atoms with Crippen LogP contribution in [0.4, 0.5) is 5.69 Å². The highest BCUT2D eigenvalue weighted by molar-refractivity contribution is 7.89. The summed E-state index contributed by atoms with van der Waals surface area (Å²) < 4.78 is 32.3. The van der Waals surface area contributed by atoms with Crippen molar-refractivity contribution in [3.63, 3.8) is 0 Å². The van der Waals surface area contributed by atoms with Gasteiger partial charge in [0.15, 0.2) is 0 Å². The van der Waals surface area contributed by atoms with E-state index in [1.807, 2.05) is 38.4 Å². The lowest BCUT2D eigenvalue weighted by Gasteiger charge is -2.10. The van der Waals surface area contributed by atoms with Gasteiger partial charge in [0, 0.05) is 17.8 Å². The number of carbonyl (C=O) groups is 1. The van der Waals surface area contributed by atoms with Gasteiger partial charge in [-0.25, -0.2) is 13.1 Å². The van der Waals surface area contributed by atoms with Crippen molar-refractivity contribution in [1.29, 1.82) is 0 Å². The fraction of sp³-hybridized carbons (Fsp3) is 0.227. The molecule has 7 nitrogen and oxygen atoms in total. The quantitative estimate of drug-likeness (QED) is 0.548. The van der Waals surface area contributed by atoms with Crippen LogP contribution in [0.2, 0.25) is 0 Å². The summed E-state index contributed by atoms with van der Waals surface area (Å²) in [5.74, 6) is 0.214. The largest absolute Gasteiger partial charge is 0.468 e. The van der Waals surface area contributed by atoms with E-state index in [1.165, 1.54) is 36.1 Å². The van der Waals surface area contributed by atoms with Gasteiger partial charge >= 0.3 is 0 Å². The first-order chi connectivity index (χ1) is 14.3. The molecule has 30 heavy (non-hydrogen) atoms. The Morgan fingerprint density at radius 2 is 1.70 bits per heavy atom. The Kier molecular flexibility index (Phi) is 7.04. The van der Waals surface area contributed by atoms with E-state index in [9.17, 15) is 13.2 Å². The van der Waals surface area contributed by atoms with Crippen LogP contribution in [0.1, 0.15) is 21.7 Å². The Labute approximate surface area is 176 Å². The van der Waals surface area contributed by atoms with E-state index >= 15 is 0 Å². The molecule has 0 aliphatic carbocycles. The number of sulfonamides is 1. The number of likely N-dealkylation sites (N-methyl/N-ethyl adjacent to an activating group) is 1. The summed E-state index contributed by atoms with van der Waals surface area (Å²) in [6.45, 7) is 1.01. The van der Waals surface area contributed by atoms with Crippen LogP contribution in [-0.2, 0) is 23.0 Å². The molecule has 0 saturated carbocycles. The molecule has 8 heteroatoms. The van der Waals surface area contributed by atoms with Gasteiger partial charge in [0.25, 0.3) is 5.91 Å². The molecule has 0 fully saturated rings. The van der Waals surface area contributed by atoms with E-state index in [-0.39, 0.29) is 17.3 Å². The van der Waals surface area contributed by atoms with Crippen LogP contribution in [0.25, 0.3) is 0 Å². The molecule has 0 bridgehead atoms. The van der Waals surface area contributed by atoms with Crippen molar-refractivity contribution in [2.24, 2.45) is 0 Å². The maximum atomic E-state index is 12.5. The van der Waals surface area contributed by atoms with Gasteiger partial charge in [-0.3, -0.25) is 4.79 Å². The molecule has 0 saturated heterocycles. The number of anilines is 1. The summed E-state index contributed by atoms with van der Waals surface area (Å²) in [6, 6.07) is 16.9. The smallest absolute Gasteiger partial charge is 0.255 e. The number of amides is 1.